The van der Waals surface area contributed by atoms with Gasteiger partial charge in [-0.1, -0.05) is 6.92 Å². The van der Waals surface area contributed by atoms with Crippen molar-refractivity contribution in [3.05, 3.63) is 54.9 Å². The number of nitro groups is 1. The lowest BCUT2D eigenvalue weighted by molar-refractivity contribution is -0.385. The van der Waals surface area contributed by atoms with E-state index in [0.717, 1.165) is 28.3 Å². The van der Waals surface area contributed by atoms with Crippen LogP contribution in [0.1, 0.15) is 21.5 Å². The Hall–Kier alpha value is -2.35. The number of rotatable bonds is 5. The first kappa shape index (κ1) is 14.1. The molecular formula is C12H11N3O4S. The molecule has 0 unspecified atom stereocenters. The van der Waals surface area contributed by atoms with E-state index >= 15 is 0 Å². The highest BCUT2D eigenvalue weighted by molar-refractivity contribution is 7.14. The predicted octanol–water partition coefficient (Wildman–Crippen LogP) is 1.66. The maximum Gasteiger partial charge on any atom is 0.348 e. The first-order valence-corrected chi connectivity index (χ1v) is 6.65. The average molecular weight is 293 g/mol. The minimum Gasteiger partial charge on any atom is -0.291 e. The summed E-state index contributed by atoms with van der Waals surface area (Å²) in [7, 11) is 0. The van der Waals surface area contributed by atoms with Crippen molar-refractivity contribution < 1.29 is 9.72 Å². The summed E-state index contributed by atoms with van der Waals surface area (Å²) in [5, 5.41) is 10.6. The van der Waals surface area contributed by atoms with Crippen molar-refractivity contribution in [2.75, 3.05) is 0 Å². The molecule has 0 saturated carbocycles. The molecule has 2 aromatic rings. The molecule has 0 aliphatic rings. The second-order valence-electron chi connectivity index (χ2n) is 4.02. The van der Waals surface area contributed by atoms with Crippen molar-refractivity contribution in [2.24, 2.45) is 0 Å². The number of nitrogens with zero attached hydrogens (tertiary/aromatic N) is 3. The second kappa shape index (κ2) is 5.74. The van der Waals surface area contributed by atoms with Crippen LogP contribution in [0.5, 0.6) is 0 Å². The quantitative estimate of drug-likeness (QED) is 0.474. The molecular weight excluding hydrogens is 282 g/mol. The van der Waals surface area contributed by atoms with Gasteiger partial charge in [0.2, 0.25) is 0 Å². The molecule has 0 amide bonds. The molecule has 20 heavy (non-hydrogen) atoms. The van der Waals surface area contributed by atoms with E-state index in [4.69, 9.17) is 0 Å². The van der Waals surface area contributed by atoms with Crippen LogP contribution in [0.25, 0.3) is 0 Å². The van der Waals surface area contributed by atoms with E-state index in [2.05, 4.69) is 4.98 Å². The third-order valence-corrected chi connectivity index (χ3v) is 3.92. The van der Waals surface area contributed by atoms with E-state index in [1.807, 2.05) is 13.0 Å². The Bertz CT molecular complexity index is 719. The first-order valence-electron chi connectivity index (χ1n) is 5.84. The number of ketones is 1. The zero-order valence-electron chi connectivity index (χ0n) is 10.6. The van der Waals surface area contributed by atoms with Gasteiger partial charge in [-0.2, -0.15) is 4.98 Å². The standard InChI is InChI=1S/C12H11N3O4S/c1-2-9-3-4-11(20-9)10(16)7-14-6-8(15(18)19)5-13-12(14)17/h3-6H,2,7H2,1H3. The van der Waals surface area contributed by atoms with Gasteiger partial charge in [0.05, 0.1) is 22.5 Å². The van der Waals surface area contributed by atoms with E-state index in [9.17, 15) is 19.7 Å². The molecule has 0 N–H and O–H groups in total. The fraction of sp³-hybridized carbons (Fsp3) is 0.250. The van der Waals surface area contributed by atoms with Crippen molar-refractivity contribution in [1.82, 2.24) is 9.55 Å². The van der Waals surface area contributed by atoms with Gasteiger partial charge in [0.25, 0.3) is 0 Å². The number of aryl methyl sites for hydroxylation is 1. The van der Waals surface area contributed by atoms with Crippen LogP contribution < -0.4 is 5.69 Å². The lowest BCUT2D eigenvalue weighted by Crippen LogP contribution is -2.25. The third kappa shape index (κ3) is 2.97. The highest BCUT2D eigenvalue weighted by atomic mass is 32.1. The summed E-state index contributed by atoms with van der Waals surface area (Å²) in [5.41, 5.74) is -1.01. The number of aromatic nitrogens is 2. The zero-order valence-corrected chi connectivity index (χ0v) is 11.4. The summed E-state index contributed by atoms with van der Waals surface area (Å²) >= 11 is 1.36. The van der Waals surface area contributed by atoms with E-state index in [1.54, 1.807) is 6.07 Å². The van der Waals surface area contributed by atoms with E-state index in [-0.39, 0.29) is 18.0 Å². The molecule has 7 nitrogen and oxygen atoms in total. The molecule has 0 saturated heterocycles. The molecule has 8 heteroatoms. The van der Waals surface area contributed by atoms with E-state index in [0.29, 0.717) is 4.88 Å². The number of Topliss-reactive ketones (excluding diaryl/α,β-unsaturated/α-hetero) is 1. The Morgan fingerprint density at radius 2 is 2.25 bits per heavy atom. The van der Waals surface area contributed by atoms with Gasteiger partial charge >= 0.3 is 11.4 Å². The molecule has 0 bridgehead atoms. The monoisotopic (exact) mass is 293 g/mol. The Morgan fingerprint density at radius 1 is 1.50 bits per heavy atom. The molecule has 2 rings (SSSR count). The molecule has 0 aliphatic carbocycles. The largest absolute Gasteiger partial charge is 0.348 e. The van der Waals surface area contributed by atoms with Gasteiger partial charge in [-0.05, 0) is 18.6 Å². The highest BCUT2D eigenvalue weighted by Gasteiger charge is 2.14. The molecule has 0 atom stereocenters. The highest BCUT2D eigenvalue weighted by Crippen LogP contribution is 2.18. The van der Waals surface area contributed by atoms with Gasteiger partial charge in [-0.25, -0.2) is 4.79 Å². The summed E-state index contributed by atoms with van der Waals surface area (Å²) < 4.78 is 0.950. The molecule has 2 heterocycles. The van der Waals surface area contributed by atoms with Crippen molar-refractivity contribution in [2.45, 2.75) is 19.9 Å². The van der Waals surface area contributed by atoms with Crippen molar-refractivity contribution in [3.63, 3.8) is 0 Å². The van der Waals surface area contributed by atoms with Gasteiger partial charge in [0.1, 0.15) is 6.20 Å². The van der Waals surface area contributed by atoms with E-state index in [1.165, 1.54) is 11.3 Å². The van der Waals surface area contributed by atoms with Crippen LogP contribution in [-0.4, -0.2) is 20.3 Å². The SMILES string of the molecule is CCc1ccc(C(=O)Cn2cc([N+](=O)[O-])cnc2=O)s1. The number of carbonyl (C=O) groups excluding carboxylic acids is 1. The maximum atomic E-state index is 12.0. The predicted molar refractivity (Wildman–Crippen MR) is 73.2 cm³/mol. The fourth-order valence-electron chi connectivity index (χ4n) is 1.60. The lowest BCUT2D eigenvalue weighted by atomic mass is 10.3. The molecule has 0 aliphatic heterocycles. The Morgan fingerprint density at radius 3 is 2.85 bits per heavy atom. The summed E-state index contributed by atoms with van der Waals surface area (Å²) in [6, 6.07) is 3.55. The Labute approximate surface area is 117 Å². The van der Waals surface area contributed by atoms with Crippen LogP contribution in [0, 0.1) is 10.1 Å². The number of carbonyl (C=O) groups is 1. The van der Waals surface area contributed by atoms with Crippen LogP contribution in [0.15, 0.2) is 29.3 Å². The molecule has 0 aromatic carbocycles. The zero-order chi connectivity index (χ0) is 14.7. The van der Waals surface area contributed by atoms with Crippen LogP contribution in [0.4, 0.5) is 5.69 Å². The molecule has 0 radical (unpaired) electrons. The maximum absolute atomic E-state index is 12.0. The van der Waals surface area contributed by atoms with Gasteiger partial charge < -0.3 is 0 Å². The molecule has 0 fully saturated rings. The molecule has 0 spiro atoms. The summed E-state index contributed by atoms with van der Waals surface area (Å²) in [5.74, 6) is -0.265. The van der Waals surface area contributed by atoms with Crippen LogP contribution >= 0.6 is 11.3 Å². The van der Waals surface area contributed by atoms with Gasteiger partial charge in [0.15, 0.2) is 5.78 Å². The number of hydrogen-bond acceptors (Lipinski definition) is 6. The van der Waals surface area contributed by atoms with Crippen LogP contribution in [-0.2, 0) is 13.0 Å². The molecule has 2 aromatic heterocycles. The van der Waals surface area contributed by atoms with Crippen LogP contribution in [0.2, 0.25) is 0 Å². The van der Waals surface area contributed by atoms with Gasteiger partial charge in [-0.15, -0.1) is 11.3 Å². The number of thiophene rings is 1. The topological polar surface area (TPSA) is 95.1 Å². The lowest BCUT2D eigenvalue weighted by Gasteiger charge is -2.02. The first-order chi connectivity index (χ1) is 9.51. The summed E-state index contributed by atoms with van der Waals surface area (Å²) in [4.78, 5) is 38.5. The van der Waals surface area contributed by atoms with Gasteiger partial charge in [-0.3, -0.25) is 19.5 Å². The Balaban J connectivity index is 2.25. The summed E-state index contributed by atoms with van der Waals surface area (Å²) in [6.07, 6.45) is 2.74. The average Bonchev–Trinajstić information content (AvgIpc) is 2.89. The van der Waals surface area contributed by atoms with Crippen molar-refractivity contribution in [3.8, 4) is 0 Å². The summed E-state index contributed by atoms with van der Waals surface area (Å²) in [6.45, 7) is 1.73. The van der Waals surface area contributed by atoms with Crippen molar-refractivity contribution >= 4 is 22.8 Å². The Kier molecular flexibility index (Phi) is 4.04. The minimum absolute atomic E-state index is 0.253. The fourth-order valence-corrected chi connectivity index (χ4v) is 2.48. The van der Waals surface area contributed by atoms with Crippen LogP contribution in [0.3, 0.4) is 0 Å². The molecule has 104 valence electrons. The smallest absolute Gasteiger partial charge is 0.291 e. The number of hydrogen-bond donors (Lipinski definition) is 0. The van der Waals surface area contributed by atoms with E-state index < -0.39 is 10.6 Å². The normalized spacial score (nSPS) is 10.4. The second-order valence-corrected chi connectivity index (χ2v) is 5.19. The van der Waals surface area contributed by atoms with Gasteiger partial charge in [0, 0.05) is 4.88 Å². The minimum atomic E-state index is -0.684. The van der Waals surface area contributed by atoms with Crippen molar-refractivity contribution in [1.29, 1.82) is 0 Å². The third-order valence-electron chi connectivity index (χ3n) is 2.65.